The molecule has 0 spiro atoms. The number of hydrogen-bond acceptors (Lipinski definition) is 2. The predicted molar refractivity (Wildman–Crippen MR) is 74.7 cm³/mol. The van der Waals surface area contributed by atoms with Crippen molar-refractivity contribution in [1.29, 1.82) is 0 Å². The summed E-state index contributed by atoms with van der Waals surface area (Å²) in [6.07, 6.45) is 1.80. The van der Waals surface area contributed by atoms with Crippen molar-refractivity contribution in [3.8, 4) is 0 Å². The molecule has 90 valence electrons. The smallest absolute Gasteiger partial charge is 0.0934 e. The molecule has 0 atom stereocenters. The summed E-state index contributed by atoms with van der Waals surface area (Å²) >= 11 is 6.11. The summed E-state index contributed by atoms with van der Waals surface area (Å²) in [6, 6.07) is 7.82. The van der Waals surface area contributed by atoms with Crippen molar-refractivity contribution in [3.05, 3.63) is 35.5 Å². The number of benzene rings is 1. The second kappa shape index (κ2) is 4.53. The molecule has 0 radical (unpaired) electrons. The van der Waals surface area contributed by atoms with Crippen LogP contribution in [-0.2, 0) is 0 Å². The van der Waals surface area contributed by atoms with E-state index in [-0.39, 0.29) is 5.41 Å². The number of nitrogens with zero attached hydrogens (tertiary/aromatic N) is 1. The summed E-state index contributed by atoms with van der Waals surface area (Å²) in [5.74, 6) is 0. The summed E-state index contributed by atoms with van der Waals surface area (Å²) in [5, 5.41) is 5.23. The van der Waals surface area contributed by atoms with Crippen LogP contribution in [0.3, 0.4) is 0 Å². The Morgan fingerprint density at radius 3 is 2.76 bits per heavy atom. The second-order valence-corrected chi connectivity index (χ2v) is 5.88. The third-order valence-corrected chi connectivity index (χ3v) is 2.70. The van der Waals surface area contributed by atoms with Gasteiger partial charge >= 0.3 is 0 Å². The first-order valence-electron chi connectivity index (χ1n) is 5.74. The van der Waals surface area contributed by atoms with Crippen molar-refractivity contribution in [2.75, 3.05) is 11.9 Å². The number of rotatable bonds is 2. The Bertz CT molecular complexity index is 529. The number of fused-ring (bicyclic) bond motifs is 1. The molecule has 1 aromatic carbocycles. The van der Waals surface area contributed by atoms with E-state index in [0.717, 1.165) is 28.2 Å². The first kappa shape index (κ1) is 12.2. The molecule has 1 heterocycles. The van der Waals surface area contributed by atoms with E-state index in [1.807, 2.05) is 24.3 Å². The molecular formula is C14H17ClN2. The Balaban J connectivity index is 2.39. The average Bonchev–Trinajstić information content (AvgIpc) is 2.24. The van der Waals surface area contributed by atoms with E-state index in [2.05, 4.69) is 31.1 Å². The fraction of sp³-hybridized carbons (Fsp3) is 0.357. The maximum absolute atomic E-state index is 6.11. The van der Waals surface area contributed by atoms with Crippen molar-refractivity contribution >= 4 is 28.2 Å². The van der Waals surface area contributed by atoms with Crippen molar-refractivity contribution in [2.45, 2.75) is 20.8 Å². The van der Waals surface area contributed by atoms with Crippen molar-refractivity contribution in [1.82, 2.24) is 4.98 Å². The molecule has 0 unspecified atom stereocenters. The highest BCUT2D eigenvalue weighted by molar-refractivity contribution is 6.31. The summed E-state index contributed by atoms with van der Waals surface area (Å²) in [4.78, 5) is 4.40. The van der Waals surface area contributed by atoms with Crippen LogP contribution in [0.4, 0.5) is 5.69 Å². The molecule has 2 aromatic rings. The monoisotopic (exact) mass is 248 g/mol. The van der Waals surface area contributed by atoms with E-state index in [4.69, 9.17) is 11.6 Å². The van der Waals surface area contributed by atoms with Crippen LogP contribution in [0.25, 0.3) is 10.9 Å². The van der Waals surface area contributed by atoms with Crippen LogP contribution in [0.5, 0.6) is 0 Å². The lowest BCUT2D eigenvalue weighted by Gasteiger charge is -2.20. The van der Waals surface area contributed by atoms with Crippen LogP contribution in [0.1, 0.15) is 20.8 Å². The van der Waals surface area contributed by atoms with E-state index in [9.17, 15) is 0 Å². The highest BCUT2D eigenvalue weighted by atomic mass is 35.5. The molecule has 0 fully saturated rings. The third-order valence-electron chi connectivity index (χ3n) is 2.48. The zero-order valence-electron chi connectivity index (χ0n) is 10.4. The lowest BCUT2D eigenvalue weighted by molar-refractivity contribution is 0.443. The number of anilines is 1. The van der Waals surface area contributed by atoms with Crippen molar-refractivity contribution in [3.63, 3.8) is 0 Å². The van der Waals surface area contributed by atoms with E-state index in [1.165, 1.54) is 0 Å². The minimum absolute atomic E-state index is 0.226. The average molecular weight is 249 g/mol. The van der Waals surface area contributed by atoms with Crippen LogP contribution < -0.4 is 5.32 Å². The van der Waals surface area contributed by atoms with Crippen molar-refractivity contribution < 1.29 is 0 Å². The van der Waals surface area contributed by atoms with E-state index in [0.29, 0.717) is 0 Å². The number of halogens is 1. The number of aromatic nitrogens is 1. The van der Waals surface area contributed by atoms with Gasteiger partial charge in [-0.25, -0.2) is 0 Å². The van der Waals surface area contributed by atoms with Gasteiger partial charge in [-0.15, -0.1) is 0 Å². The number of pyridine rings is 1. The van der Waals surface area contributed by atoms with Gasteiger partial charge in [0, 0.05) is 23.2 Å². The van der Waals surface area contributed by atoms with Crippen LogP contribution in [-0.4, -0.2) is 11.5 Å². The Labute approximate surface area is 107 Å². The Hall–Kier alpha value is -1.28. The molecule has 3 heteroatoms. The molecule has 0 aliphatic heterocycles. The van der Waals surface area contributed by atoms with Gasteiger partial charge in [0.25, 0.3) is 0 Å². The van der Waals surface area contributed by atoms with Gasteiger partial charge in [-0.05, 0) is 23.6 Å². The summed E-state index contributed by atoms with van der Waals surface area (Å²) < 4.78 is 0. The van der Waals surface area contributed by atoms with Gasteiger partial charge in [0.1, 0.15) is 0 Å². The molecule has 1 N–H and O–H groups in total. The summed E-state index contributed by atoms with van der Waals surface area (Å²) in [5.41, 5.74) is 2.20. The molecule has 0 aliphatic carbocycles. The Morgan fingerprint density at radius 2 is 2.06 bits per heavy atom. The molecule has 0 amide bonds. The van der Waals surface area contributed by atoms with Crippen LogP contribution in [0.15, 0.2) is 30.5 Å². The zero-order chi connectivity index (χ0) is 12.5. The van der Waals surface area contributed by atoms with E-state index in [1.54, 1.807) is 6.20 Å². The van der Waals surface area contributed by atoms with Gasteiger partial charge < -0.3 is 5.32 Å². The molecular weight excluding hydrogens is 232 g/mol. The molecule has 0 bridgehead atoms. The van der Waals surface area contributed by atoms with Gasteiger partial charge in [-0.2, -0.15) is 0 Å². The minimum Gasteiger partial charge on any atom is -0.383 e. The minimum atomic E-state index is 0.226. The van der Waals surface area contributed by atoms with Crippen LogP contribution in [0, 0.1) is 5.41 Å². The molecule has 2 rings (SSSR count). The number of nitrogens with one attached hydrogen (secondary N) is 1. The highest BCUT2D eigenvalue weighted by Crippen LogP contribution is 2.27. The lowest BCUT2D eigenvalue weighted by Crippen LogP contribution is -2.19. The van der Waals surface area contributed by atoms with E-state index >= 15 is 0 Å². The SMILES string of the molecule is CC(C)(C)CNc1cc(Cl)cc2cccnc12. The zero-order valence-corrected chi connectivity index (χ0v) is 11.2. The summed E-state index contributed by atoms with van der Waals surface area (Å²) in [6.45, 7) is 7.47. The lowest BCUT2D eigenvalue weighted by atomic mass is 9.97. The van der Waals surface area contributed by atoms with Crippen LogP contribution in [0.2, 0.25) is 5.02 Å². The molecule has 17 heavy (non-hydrogen) atoms. The number of hydrogen-bond donors (Lipinski definition) is 1. The molecule has 1 aromatic heterocycles. The van der Waals surface area contributed by atoms with Gasteiger partial charge in [-0.3, -0.25) is 4.98 Å². The normalized spacial score (nSPS) is 11.8. The maximum Gasteiger partial charge on any atom is 0.0934 e. The standard InChI is InChI=1S/C14H17ClN2/c1-14(2,3)9-17-12-8-11(15)7-10-5-4-6-16-13(10)12/h4-8,17H,9H2,1-3H3. The topological polar surface area (TPSA) is 24.9 Å². The van der Waals surface area contributed by atoms with Gasteiger partial charge in [-0.1, -0.05) is 38.4 Å². The molecule has 0 aliphatic rings. The fourth-order valence-corrected chi connectivity index (χ4v) is 1.88. The van der Waals surface area contributed by atoms with Crippen molar-refractivity contribution in [2.24, 2.45) is 5.41 Å². The molecule has 0 saturated heterocycles. The Kier molecular flexibility index (Phi) is 3.25. The second-order valence-electron chi connectivity index (χ2n) is 5.44. The van der Waals surface area contributed by atoms with Gasteiger partial charge in [0.15, 0.2) is 0 Å². The summed E-state index contributed by atoms with van der Waals surface area (Å²) in [7, 11) is 0. The fourth-order valence-electron chi connectivity index (χ4n) is 1.65. The Morgan fingerprint density at radius 1 is 1.29 bits per heavy atom. The highest BCUT2D eigenvalue weighted by Gasteiger charge is 2.11. The molecule has 2 nitrogen and oxygen atoms in total. The quantitative estimate of drug-likeness (QED) is 0.855. The van der Waals surface area contributed by atoms with Crippen LogP contribution >= 0.6 is 11.6 Å². The first-order chi connectivity index (χ1) is 7.96. The molecule has 0 saturated carbocycles. The van der Waals surface area contributed by atoms with Gasteiger partial charge in [0.2, 0.25) is 0 Å². The first-order valence-corrected chi connectivity index (χ1v) is 6.12. The van der Waals surface area contributed by atoms with E-state index < -0.39 is 0 Å². The maximum atomic E-state index is 6.11. The predicted octanol–water partition coefficient (Wildman–Crippen LogP) is 4.35. The third kappa shape index (κ3) is 3.10. The largest absolute Gasteiger partial charge is 0.383 e. The van der Waals surface area contributed by atoms with Gasteiger partial charge in [0.05, 0.1) is 11.2 Å².